The van der Waals surface area contributed by atoms with Gasteiger partial charge in [-0.1, -0.05) is 65.8 Å². The van der Waals surface area contributed by atoms with E-state index in [1.165, 1.54) is 0 Å². The Hall–Kier alpha value is -3.09. The molecule has 2 rings (SSSR count). The molecular weight excluding hydrogens is 418 g/mol. The van der Waals surface area contributed by atoms with E-state index in [1.54, 1.807) is 13.8 Å². The molecule has 0 amide bonds. The largest absolute Gasteiger partial charge is 0.507 e. The van der Waals surface area contributed by atoms with E-state index in [9.17, 15) is 19.5 Å². The number of aromatic nitrogens is 3. The Morgan fingerprint density at radius 3 is 1.39 bits per heavy atom. The molecule has 0 saturated heterocycles. The summed E-state index contributed by atoms with van der Waals surface area (Å²) in [5.41, 5.74) is 0.640. The monoisotopic (exact) mass is 455 g/mol. The Balaban J connectivity index is 2.86. The summed E-state index contributed by atoms with van der Waals surface area (Å²) in [6.45, 7) is 23.0. The summed E-state index contributed by atoms with van der Waals surface area (Å²) in [6.07, 6.45) is 0. The summed E-state index contributed by atoms with van der Waals surface area (Å²) in [5.74, 6) is 0.220. The number of benzene rings is 1. The van der Waals surface area contributed by atoms with Crippen LogP contribution < -0.4 is 17.1 Å². The van der Waals surface area contributed by atoms with E-state index in [4.69, 9.17) is 0 Å². The first-order valence-electron chi connectivity index (χ1n) is 11.0. The number of allylic oxidation sites excluding steroid dienone is 2. The van der Waals surface area contributed by atoms with Gasteiger partial charge in [-0.3, -0.25) is 0 Å². The average molecular weight is 456 g/mol. The third kappa shape index (κ3) is 5.64. The van der Waals surface area contributed by atoms with E-state index < -0.39 is 17.1 Å². The number of hydrogen-bond donors (Lipinski definition) is 1. The molecule has 0 aliphatic rings. The van der Waals surface area contributed by atoms with E-state index in [0.717, 1.165) is 24.8 Å². The third-order valence-corrected chi connectivity index (χ3v) is 5.37. The van der Waals surface area contributed by atoms with Crippen molar-refractivity contribution in [3.8, 4) is 5.75 Å². The summed E-state index contributed by atoms with van der Waals surface area (Å²) >= 11 is 0. The molecule has 0 aliphatic carbocycles. The Kier molecular flexibility index (Phi) is 7.17. The Morgan fingerprint density at radius 2 is 1.09 bits per heavy atom. The van der Waals surface area contributed by atoms with E-state index in [-0.39, 0.29) is 36.2 Å². The topological polar surface area (TPSA) is 86.2 Å². The highest BCUT2D eigenvalue weighted by atomic mass is 16.3. The smallest absolute Gasteiger partial charge is 0.336 e. The first-order chi connectivity index (χ1) is 14.9. The van der Waals surface area contributed by atoms with Gasteiger partial charge in [-0.15, -0.1) is 0 Å². The number of aromatic hydroxyl groups is 1. The van der Waals surface area contributed by atoms with Crippen LogP contribution in [0.25, 0.3) is 0 Å². The molecule has 7 heteroatoms. The Labute approximate surface area is 195 Å². The summed E-state index contributed by atoms with van der Waals surface area (Å²) in [5, 5.41) is 11.0. The van der Waals surface area contributed by atoms with Gasteiger partial charge in [-0.05, 0) is 53.5 Å². The first-order valence-corrected chi connectivity index (χ1v) is 11.0. The highest BCUT2D eigenvalue weighted by molar-refractivity contribution is 5.50. The van der Waals surface area contributed by atoms with Crippen LogP contribution in [0.3, 0.4) is 0 Å². The summed E-state index contributed by atoms with van der Waals surface area (Å²) in [6, 6.07) is 3.65. The molecule has 1 heterocycles. The van der Waals surface area contributed by atoms with Crippen molar-refractivity contribution < 1.29 is 5.11 Å². The van der Waals surface area contributed by atoms with Crippen LogP contribution >= 0.6 is 0 Å². The highest BCUT2D eigenvalue weighted by Gasteiger charge is 2.27. The van der Waals surface area contributed by atoms with Gasteiger partial charge in [0.1, 0.15) is 5.75 Å². The van der Waals surface area contributed by atoms with Crippen LogP contribution in [0, 0.1) is 0 Å². The van der Waals surface area contributed by atoms with Crippen LogP contribution in [0.15, 0.2) is 50.8 Å². The van der Waals surface area contributed by atoms with Gasteiger partial charge < -0.3 is 5.11 Å². The zero-order chi connectivity index (χ0) is 25.5. The second-order valence-electron chi connectivity index (χ2n) is 11.1. The molecule has 0 radical (unpaired) electrons. The molecule has 0 bridgehead atoms. The summed E-state index contributed by atoms with van der Waals surface area (Å²) in [4.78, 5) is 39.3. The van der Waals surface area contributed by atoms with Gasteiger partial charge in [-0.25, -0.2) is 28.1 Å². The maximum Gasteiger partial charge on any atom is 0.336 e. The van der Waals surface area contributed by atoms with Gasteiger partial charge >= 0.3 is 17.1 Å². The molecule has 2 aromatic rings. The van der Waals surface area contributed by atoms with Crippen molar-refractivity contribution in [2.45, 2.75) is 85.9 Å². The third-order valence-electron chi connectivity index (χ3n) is 5.37. The second kappa shape index (κ2) is 9.04. The minimum absolute atomic E-state index is 0.0181. The minimum Gasteiger partial charge on any atom is -0.507 e. The molecule has 0 aliphatic heterocycles. The van der Waals surface area contributed by atoms with E-state index in [0.29, 0.717) is 16.7 Å². The van der Waals surface area contributed by atoms with E-state index >= 15 is 0 Å². The molecule has 1 aromatic carbocycles. The molecule has 0 spiro atoms. The lowest BCUT2D eigenvalue weighted by molar-refractivity contribution is 0.422. The van der Waals surface area contributed by atoms with Gasteiger partial charge in [0.15, 0.2) is 0 Å². The van der Waals surface area contributed by atoms with Crippen molar-refractivity contribution in [1.82, 2.24) is 13.7 Å². The van der Waals surface area contributed by atoms with Crippen molar-refractivity contribution in [2.24, 2.45) is 0 Å². The zero-order valence-corrected chi connectivity index (χ0v) is 21.2. The van der Waals surface area contributed by atoms with Crippen molar-refractivity contribution in [3.05, 3.63) is 84.6 Å². The molecule has 1 aromatic heterocycles. The van der Waals surface area contributed by atoms with Gasteiger partial charge in [-0.2, -0.15) is 0 Å². The van der Waals surface area contributed by atoms with Crippen molar-refractivity contribution in [1.29, 1.82) is 0 Å². The average Bonchev–Trinajstić information content (AvgIpc) is 2.64. The van der Waals surface area contributed by atoms with Crippen LogP contribution in [0.1, 0.15) is 72.1 Å². The van der Waals surface area contributed by atoms with Gasteiger partial charge in [0.25, 0.3) is 0 Å². The maximum atomic E-state index is 13.2. The molecule has 0 fully saturated rings. The first kappa shape index (κ1) is 26.2. The summed E-state index contributed by atoms with van der Waals surface area (Å²) in [7, 11) is 0. The van der Waals surface area contributed by atoms with Crippen LogP contribution in [0.2, 0.25) is 0 Å². The number of phenolic OH excluding ortho intramolecular Hbond substituents is 1. The predicted octanol–water partition coefficient (Wildman–Crippen LogP) is 3.67. The van der Waals surface area contributed by atoms with Crippen molar-refractivity contribution in [2.75, 3.05) is 0 Å². The number of rotatable bonds is 6. The predicted molar refractivity (Wildman–Crippen MR) is 133 cm³/mol. The lowest BCUT2D eigenvalue weighted by Crippen LogP contribution is -2.54. The standard InChI is InChI=1S/C26H37N3O4/c1-16(2)13-27-22(31)28(14-17(3)4)24(33)29(23(27)32)15-18-11-19(25(5,6)7)21(30)20(12-18)26(8,9)10/h11-12,30H,1,3,13-15H2,2,4-10H3. The van der Waals surface area contributed by atoms with E-state index in [2.05, 4.69) is 13.2 Å². The fraction of sp³-hybridized carbons (Fsp3) is 0.500. The van der Waals surface area contributed by atoms with Gasteiger partial charge in [0, 0.05) is 0 Å². The molecule has 0 unspecified atom stereocenters. The number of nitrogens with zero attached hydrogens (tertiary/aromatic N) is 3. The van der Waals surface area contributed by atoms with Gasteiger partial charge in [0.2, 0.25) is 0 Å². The quantitative estimate of drug-likeness (QED) is 0.674. The van der Waals surface area contributed by atoms with Crippen LogP contribution in [0.5, 0.6) is 5.75 Å². The lowest BCUT2D eigenvalue weighted by Gasteiger charge is -2.28. The molecule has 180 valence electrons. The lowest BCUT2D eigenvalue weighted by atomic mass is 9.78. The Bertz CT molecular complexity index is 1190. The van der Waals surface area contributed by atoms with Crippen LogP contribution in [0.4, 0.5) is 0 Å². The van der Waals surface area contributed by atoms with Crippen LogP contribution in [-0.2, 0) is 30.5 Å². The Morgan fingerprint density at radius 1 is 0.758 bits per heavy atom. The molecule has 33 heavy (non-hydrogen) atoms. The van der Waals surface area contributed by atoms with Gasteiger partial charge in [0.05, 0.1) is 19.6 Å². The fourth-order valence-electron chi connectivity index (χ4n) is 3.74. The number of hydrogen-bond acceptors (Lipinski definition) is 4. The molecule has 0 atom stereocenters. The highest BCUT2D eigenvalue weighted by Crippen LogP contribution is 2.39. The molecule has 1 N–H and O–H groups in total. The normalized spacial score (nSPS) is 12.1. The SMILES string of the molecule is C=C(C)Cn1c(=O)n(CC(=C)C)c(=O)n(Cc2cc(C(C)(C)C)c(O)c(C(C)(C)C)c2)c1=O. The van der Waals surface area contributed by atoms with Crippen molar-refractivity contribution >= 4 is 0 Å². The maximum absolute atomic E-state index is 13.2. The van der Waals surface area contributed by atoms with Crippen molar-refractivity contribution in [3.63, 3.8) is 0 Å². The molecule has 7 nitrogen and oxygen atoms in total. The zero-order valence-electron chi connectivity index (χ0n) is 21.2. The minimum atomic E-state index is -0.686. The van der Waals surface area contributed by atoms with E-state index in [1.807, 2.05) is 53.7 Å². The second-order valence-corrected chi connectivity index (χ2v) is 11.1. The summed E-state index contributed by atoms with van der Waals surface area (Å²) < 4.78 is 3.13. The molecule has 0 saturated carbocycles. The van der Waals surface area contributed by atoms with Crippen LogP contribution in [-0.4, -0.2) is 18.8 Å². The fourth-order valence-corrected chi connectivity index (χ4v) is 3.74. The molecular formula is C26H37N3O4. The number of phenols is 1.